The quantitative estimate of drug-likeness (QED) is 0.568. The molecule has 1 amide bonds. The van der Waals surface area contributed by atoms with E-state index < -0.39 is 32.0 Å². The molecule has 0 aliphatic carbocycles. The number of aromatic nitrogens is 1. The molecule has 1 aromatic heterocycles. The lowest BCUT2D eigenvalue weighted by Crippen LogP contribution is -2.60. The maximum atomic E-state index is 13.3. The van der Waals surface area contributed by atoms with Gasteiger partial charge in [-0.1, -0.05) is 36.4 Å². The van der Waals surface area contributed by atoms with Gasteiger partial charge < -0.3 is 5.32 Å². The number of amides is 1. The summed E-state index contributed by atoms with van der Waals surface area (Å²) in [7, 11) is -7.96. The number of carbonyl (C=O) groups excluding carboxylic acids is 1. The maximum absolute atomic E-state index is 13.3. The Balaban J connectivity index is 1.68. The number of hydrogen-bond acceptors (Lipinski definition) is 6. The van der Waals surface area contributed by atoms with Crippen LogP contribution in [0.5, 0.6) is 0 Å². The molecule has 2 heterocycles. The van der Waals surface area contributed by atoms with Crippen LogP contribution in [0.15, 0.2) is 95.0 Å². The number of benzene rings is 2. The highest BCUT2D eigenvalue weighted by atomic mass is 32.2. The molecule has 0 spiro atoms. The van der Waals surface area contributed by atoms with Crippen LogP contribution in [0.4, 0.5) is 5.69 Å². The zero-order valence-electron chi connectivity index (χ0n) is 17.5. The van der Waals surface area contributed by atoms with Gasteiger partial charge in [0.05, 0.1) is 21.7 Å². The summed E-state index contributed by atoms with van der Waals surface area (Å²) < 4.78 is 55.2. The second-order valence-corrected chi connectivity index (χ2v) is 11.2. The molecule has 1 saturated heterocycles. The van der Waals surface area contributed by atoms with E-state index in [9.17, 15) is 21.6 Å². The molecule has 1 fully saturated rings. The lowest BCUT2D eigenvalue weighted by Gasteiger charge is -2.38. The molecule has 2 aromatic carbocycles. The summed E-state index contributed by atoms with van der Waals surface area (Å²) in [5.74, 6) is -0.643. The van der Waals surface area contributed by atoms with Gasteiger partial charge in [0.15, 0.2) is 0 Å². The van der Waals surface area contributed by atoms with Crippen LogP contribution in [0, 0.1) is 0 Å². The first-order valence-electron chi connectivity index (χ1n) is 10.1. The third-order valence-electron chi connectivity index (χ3n) is 5.26. The van der Waals surface area contributed by atoms with Crippen molar-refractivity contribution < 1.29 is 21.6 Å². The zero-order chi connectivity index (χ0) is 23.5. The van der Waals surface area contributed by atoms with Gasteiger partial charge in [-0.25, -0.2) is 16.8 Å². The first-order valence-corrected chi connectivity index (χ1v) is 13.0. The summed E-state index contributed by atoms with van der Waals surface area (Å²) in [4.78, 5) is 17.2. The Hall–Kier alpha value is -3.12. The average molecular weight is 487 g/mol. The van der Waals surface area contributed by atoms with Crippen LogP contribution in [0.3, 0.4) is 0 Å². The Labute approximate surface area is 192 Å². The fourth-order valence-corrected chi connectivity index (χ4v) is 6.64. The van der Waals surface area contributed by atoms with Crippen molar-refractivity contribution in [1.82, 2.24) is 13.6 Å². The summed E-state index contributed by atoms with van der Waals surface area (Å²) >= 11 is 0. The van der Waals surface area contributed by atoms with Gasteiger partial charge in [0.2, 0.25) is 26.0 Å². The molecule has 0 unspecified atom stereocenters. The smallest absolute Gasteiger partial charge is 0.244 e. The van der Waals surface area contributed by atoms with Gasteiger partial charge in [-0.3, -0.25) is 9.78 Å². The Bertz CT molecular complexity index is 1320. The molecule has 1 aliphatic rings. The van der Waals surface area contributed by atoms with Crippen LogP contribution < -0.4 is 5.32 Å². The van der Waals surface area contributed by atoms with Crippen molar-refractivity contribution in [2.24, 2.45) is 0 Å². The largest absolute Gasteiger partial charge is 0.323 e. The van der Waals surface area contributed by atoms with Gasteiger partial charge in [0.25, 0.3) is 0 Å². The van der Waals surface area contributed by atoms with Crippen LogP contribution >= 0.6 is 0 Å². The number of pyridine rings is 1. The van der Waals surface area contributed by atoms with E-state index in [0.717, 1.165) is 8.61 Å². The van der Waals surface area contributed by atoms with E-state index in [1.165, 1.54) is 36.7 Å². The average Bonchev–Trinajstić information content (AvgIpc) is 2.85. The Morgan fingerprint density at radius 1 is 0.818 bits per heavy atom. The number of piperazine rings is 1. The Kier molecular flexibility index (Phi) is 6.56. The topological polar surface area (TPSA) is 117 Å². The highest BCUT2D eigenvalue weighted by molar-refractivity contribution is 7.89. The van der Waals surface area contributed by atoms with Crippen molar-refractivity contribution >= 4 is 31.6 Å². The number of carbonyl (C=O) groups is 1. The van der Waals surface area contributed by atoms with Crippen LogP contribution in [0.25, 0.3) is 0 Å². The minimum atomic E-state index is -4.05. The Morgan fingerprint density at radius 2 is 1.42 bits per heavy atom. The molecule has 172 valence electrons. The van der Waals surface area contributed by atoms with Crippen LogP contribution in [-0.2, 0) is 24.8 Å². The fraction of sp³-hybridized carbons (Fsp3) is 0.182. The summed E-state index contributed by atoms with van der Waals surface area (Å²) in [5.41, 5.74) is 0.377. The summed E-state index contributed by atoms with van der Waals surface area (Å²) in [6.45, 7) is -0.580. The van der Waals surface area contributed by atoms with Gasteiger partial charge in [-0.2, -0.15) is 8.61 Å². The van der Waals surface area contributed by atoms with Gasteiger partial charge in [0, 0.05) is 25.8 Å². The molecule has 4 rings (SSSR count). The number of nitrogens with zero attached hydrogens (tertiary/aromatic N) is 3. The highest BCUT2D eigenvalue weighted by Crippen LogP contribution is 2.26. The van der Waals surface area contributed by atoms with E-state index in [1.54, 1.807) is 48.5 Å². The van der Waals surface area contributed by atoms with E-state index in [-0.39, 0.29) is 29.4 Å². The third kappa shape index (κ3) is 4.81. The number of hydrogen-bond donors (Lipinski definition) is 1. The lowest BCUT2D eigenvalue weighted by molar-refractivity contribution is -0.120. The van der Waals surface area contributed by atoms with Crippen LogP contribution in [0.1, 0.15) is 0 Å². The predicted molar refractivity (Wildman–Crippen MR) is 122 cm³/mol. The van der Waals surface area contributed by atoms with Crippen molar-refractivity contribution in [2.45, 2.75) is 15.8 Å². The second-order valence-electron chi connectivity index (χ2n) is 7.35. The highest BCUT2D eigenvalue weighted by Gasteiger charge is 2.43. The van der Waals surface area contributed by atoms with E-state index in [4.69, 9.17) is 0 Å². The van der Waals surface area contributed by atoms with Crippen LogP contribution in [0.2, 0.25) is 0 Å². The molecule has 11 heteroatoms. The summed E-state index contributed by atoms with van der Waals surface area (Å²) in [6.07, 6.45) is 2.96. The minimum Gasteiger partial charge on any atom is -0.323 e. The van der Waals surface area contributed by atoms with Crippen molar-refractivity contribution in [3.05, 3.63) is 85.2 Å². The first-order chi connectivity index (χ1) is 15.8. The molecular formula is C22H22N4O5S2. The van der Waals surface area contributed by atoms with Gasteiger partial charge in [-0.05, 0) is 36.4 Å². The maximum Gasteiger partial charge on any atom is 0.244 e. The first kappa shape index (κ1) is 23.1. The molecule has 3 aromatic rings. The van der Waals surface area contributed by atoms with E-state index >= 15 is 0 Å². The molecular weight excluding hydrogens is 464 g/mol. The second kappa shape index (κ2) is 9.40. The van der Waals surface area contributed by atoms with E-state index in [1.807, 2.05) is 0 Å². The van der Waals surface area contributed by atoms with Crippen molar-refractivity contribution in [1.29, 1.82) is 0 Å². The standard InChI is InChI=1S/C22H22N4O5S2/c27-22(24-18-8-7-13-23-16-18)21-17-25(32(28,29)19-9-3-1-4-10-19)14-15-26(21)33(30,31)20-11-5-2-6-12-20/h1-13,16,21H,14-15,17H2,(H,24,27)/t21-/m0/s1. The van der Waals surface area contributed by atoms with Crippen molar-refractivity contribution in [3.63, 3.8) is 0 Å². The molecule has 1 N–H and O–H groups in total. The van der Waals surface area contributed by atoms with E-state index in [2.05, 4.69) is 10.3 Å². The number of anilines is 1. The number of nitrogens with one attached hydrogen (secondary N) is 1. The normalized spacial score (nSPS) is 18.0. The minimum absolute atomic E-state index is 0.0311. The van der Waals surface area contributed by atoms with Gasteiger partial charge >= 0.3 is 0 Å². The number of rotatable bonds is 6. The monoisotopic (exact) mass is 486 g/mol. The number of sulfonamides is 2. The summed E-state index contributed by atoms with van der Waals surface area (Å²) in [5, 5.41) is 2.65. The molecule has 33 heavy (non-hydrogen) atoms. The molecule has 0 radical (unpaired) electrons. The van der Waals surface area contributed by atoms with Crippen molar-refractivity contribution in [3.8, 4) is 0 Å². The molecule has 1 aliphatic heterocycles. The van der Waals surface area contributed by atoms with E-state index in [0.29, 0.717) is 5.69 Å². The fourth-order valence-electron chi connectivity index (χ4n) is 3.59. The Morgan fingerprint density at radius 3 is 2.00 bits per heavy atom. The van der Waals surface area contributed by atoms with Crippen molar-refractivity contribution in [2.75, 3.05) is 25.0 Å². The molecule has 9 nitrogen and oxygen atoms in total. The van der Waals surface area contributed by atoms with Gasteiger partial charge in [-0.15, -0.1) is 0 Å². The summed E-state index contributed by atoms with van der Waals surface area (Å²) in [6, 6.07) is 17.6. The SMILES string of the molecule is O=C(Nc1cccnc1)[C@@H]1CN(S(=O)(=O)c2ccccc2)CCN1S(=O)(=O)c1ccccc1. The predicted octanol–water partition coefficient (Wildman–Crippen LogP) is 1.78. The molecule has 0 bridgehead atoms. The molecule has 1 atom stereocenters. The lowest BCUT2D eigenvalue weighted by atomic mass is 10.2. The molecule has 0 saturated carbocycles. The van der Waals surface area contributed by atoms with Gasteiger partial charge in [0.1, 0.15) is 6.04 Å². The third-order valence-corrected chi connectivity index (χ3v) is 9.06. The van der Waals surface area contributed by atoms with Crippen LogP contribution in [-0.4, -0.2) is 62.0 Å². The zero-order valence-corrected chi connectivity index (χ0v) is 19.1.